The van der Waals surface area contributed by atoms with E-state index in [1.54, 1.807) is 102 Å². The van der Waals surface area contributed by atoms with Crippen molar-refractivity contribution in [2.75, 3.05) is 39.2 Å². The predicted octanol–water partition coefficient (Wildman–Crippen LogP) is 16.1. The van der Waals surface area contributed by atoms with Gasteiger partial charge < -0.3 is 29.6 Å². The molecule has 4 aliphatic heterocycles. The van der Waals surface area contributed by atoms with Crippen molar-refractivity contribution in [3.63, 3.8) is 0 Å². The van der Waals surface area contributed by atoms with E-state index in [4.69, 9.17) is 44.1 Å². The molecule has 0 aliphatic carbocycles. The fourth-order valence-corrected chi connectivity index (χ4v) is 13.4. The van der Waals surface area contributed by atoms with Crippen molar-refractivity contribution in [3.05, 3.63) is 142 Å². The maximum atomic E-state index is 14.1. The number of hydrogen-bond donors (Lipinski definition) is 2. The zero-order valence-corrected chi connectivity index (χ0v) is 53.1. The van der Waals surface area contributed by atoms with Gasteiger partial charge >= 0.3 is 44.7 Å². The van der Waals surface area contributed by atoms with Gasteiger partial charge in [0.05, 0.1) is 81.0 Å². The first-order valence-corrected chi connectivity index (χ1v) is 31.1. The third-order valence-electron chi connectivity index (χ3n) is 16.2. The number of benzene rings is 4. The Hall–Kier alpha value is -6.16. The van der Waals surface area contributed by atoms with Gasteiger partial charge in [0.1, 0.15) is 0 Å². The highest BCUT2D eigenvalue weighted by molar-refractivity contribution is 7.48. The van der Waals surface area contributed by atoms with E-state index in [-0.39, 0.29) is 80.5 Å². The fraction of sp³-hybridized carbons (Fsp3) is 0.548. The lowest BCUT2D eigenvalue weighted by molar-refractivity contribution is -0.145. The number of nitrogens with one attached hydrogen (secondary N) is 2. The monoisotopic (exact) mass is 1360 g/mol. The van der Waals surface area contributed by atoms with Crippen molar-refractivity contribution >= 4 is 43.4 Å². The van der Waals surface area contributed by atoms with Crippen LogP contribution >= 0.6 is 19.4 Å². The number of halogens is 13. The Kier molecular flexibility index (Phi) is 22.0. The van der Waals surface area contributed by atoms with Crippen LogP contribution < -0.4 is 10.6 Å². The Morgan fingerprint density at radius 3 is 1.16 bits per heavy atom. The molecule has 4 aliphatic rings. The number of hydrogen-bond acceptors (Lipinski definition) is 12. The second-order valence-electron chi connectivity index (χ2n) is 25.2. The average molecular weight is 1360 g/mol. The Labute approximate surface area is 528 Å². The number of ether oxygens (including phenoxy) is 4. The van der Waals surface area contributed by atoms with Crippen molar-refractivity contribution < 1.29 is 109 Å². The van der Waals surface area contributed by atoms with E-state index in [0.717, 1.165) is 0 Å². The van der Waals surface area contributed by atoms with Crippen LogP contribution in [0.5, 0.6) is 0 Å². The van der Waals surface area contributed by atoms with E-state index >= 15 is 0 Å². The molecular formula is C62H72ClF12N4O12P. The minimum absolute atomic E-state index is 0.0376. The van der Waals surface area contributed by atoms with E-state index in [1.807, 2.05) is 0 Å². The molecule has 0 bridgehead atoms. The molecule has 30 heteroatoms. The zero-order valence-electron chi connectivity index (χ0n) is 51.4. The molecule has 0 radical (unpaired) electrons. The highest BCUT2D eigenvalue weighted by Gasteiger charge is 2.56. The van der Waals surface area contributed by atoms with Crippen LogP contribution in [0.15, 0.2) is 97.1 Å². The molecule has 92 heavy (non-hydrogen) atoms. The summed E-state index contributed by atoms with van der Waals surface area (Å²) >= 11 is 5.69. The van der Waals surface area contributed by atoms with Crippen molar-refractivity contribution in [2.24, 2.45) is 0 Å². The van der Waals surface area contributed by atoms with Crippen LogP contribution in [0, 0.1) is 0 Å². The Morgan fingerprint density at radius 2 is 0.870 bits per heavy atom. The summed E-state index contributed by atoms with van der Waals surface area (Å²) in [7, 11) is -4.31. The maximum absolute atomic E-state index is 14.1. The molecule has 2 spiro atoms. The highest BCUT2D eigenvalue weighted by Crippen LogP contribution is 2.56. The standard InChI is InChI=1S/C35H45F6N2O8P.C27H27ClF6N2O4/c1-23(24-17-26(34(36,37)38)19-27(18-24)35(39,40)41)47-21-33(25-11-9-8-10-12-25)16-15-32(14-13-28(44)42-32)20-43(33)29(45)48-22-49-52(46,50-30(2,3)4)51-31(5,6)7;1-17(18-11-20(26(29,30)31)13-21(12-18)27(32,33)34)39-15-25(19-5-3-2-4-6-19)10-9-24(8-7-22(37)35-24)14-36(25)23(38)40-16-28/h8-12,17-19,23H,13-16,20-22H2,1-7H3,(H,42,44);2-6,11-13,17H,7-10,14-16H2,1H3,(H,35,37)/t23-,32-,33-;17-,24-,25-/m11/s1. The lowest BCUT2D eigenvalue weighted by atomic mass is 9.74. The normalized spacial score (nSPS) is 23.2. The van der Waals surface area contributed by atoms with Gasteiger partial charge in [0, 0.05) is 25.9 Å². The van der Waals surface area contributed by atoms with Crippen molar-refractivity contribution in [1.29, 1.82) is 0 Å². The topological polar surface area (TPSA) is 180 Å². The smallest absolute Gasteiger partial charge is 0.433 e. The number of phosphoric ester groups is 1. The second-order valence-corrected chi connectivity index (χ2v) is 27.0. The molecule has 4 saturated heterocycles. The Morgan fingerprint density at radius 1 is 0.533 bits per heavy atom. The SMILES string of the molecule is C[C@@H](OC[C@@]1(c2ccccc2)CC[C@]2(CCC(=O)N2)CN1C(=O)OCCl)c1cc(C(F)(F)F)cc(C(F)(F)F)c1.C[C@@H](OC[C@@]1(c2ccccc2)CC[C@]2(CCC(=O)N2)CN1C(=O)OCOP(=O)(OC(C)(C)C)OC(C)(C)C)c1cc(C(F)(F)F)cc(C(F)(F)F)c1. The van der Waals surface area contributed by atoms with Gasteiger partial charge in [0.2, 0.25) is 18.6 Å². The first kappa shape index (κ1) is 73.3. The van der Waals surface area contributed by atoms with Crippen LogP contribution in [0.25, 0.3) is 0 Å². The molecule has 8 rings (SSSR count). The van der Waals surface area contributed by atoms with Crippen molar-refractivity contribution in [3.8, 4) is 0 Å². The second kappa shape index (κ2) is 27.7. The number of piperidine rings is 2. The first-order chi connectivity index (χ1) is 42.4. The molecule has 2 N–H and O–H groups in total. The van der Waals surface area contributed by atoms with Gasteiger partial charge in [-0.05, 0) is 153 Å². The minimum Gasteiger partial charge on any atom is -0.433 e. The van der Waals surface area contributed by atoms with E-state index in [1.165, 1.54) is 23.6 Å². The molecule has 4 aromatic rings. The van der Waals surface area contributed by atoms with Crippen LogP contribution in [0.4, 0.5) is 62.3 Å². The number of nitrogens with zero attached hydrogens (tertiary/aromatic N) is 2. The lowest BCUT2D eigenvalue weighted by Gasteiger charge is -2.52. The predicted molar refractivity (Wildman–Crippen MR) is 309 cm³/mol. The van der Waals surface area contributed by atoms with Crippen LogP contribution in [-0.2, 0) is 82.5 Å². The molecule has 4 amide bonds. The van der Waals surface area contributed by atoms with Gasteiger partial charge in [-0.15, -0.1) is 0 Å². The molecule has 4 aromatic carbocycles. The number of amides is 4. The van der Waals surface area contributed by atoms with E-state index in [2.05, 4.69) is 10.6 Å². The van der Waals surface area contributed by atoms with Gasteiger partial charge in [-0.1, -0.05) is 72.3 Å². The van der Waals surface area contributed by atoms with Crippen molar-refractivity contribution in [2.45, 2.75) is 177 Å². The van der Waals surface area contributed by atoms with Gasteiger partial charge in [-0.25, -0.2) is 18.7 Å². The summed E-state index contributed by atoms with van der Waals surface area (Å²) in [6, 6.07) is 19.3. The van der Waals surface area contributed by atoms with Crippen LogP contribution in [0.2, 0.25) is 0 Å². The van der Waals surface area contributed by atoms with E-state index in [0.29, 0.717) is 61.1 Å². The molecule has 508 valence electrons. The third kappa shape index (κ3) is 18.2. The van der Waals surface area contributed by atoms with Gasteiger partial charge in [-0.2, -0.15) is 52.7 Å². The zero-order chi connectivity index (χ0) is 68.3. The molecule has 4 heterocycles. The minimum atomic E-state index is -5.06. The largest absolute Gasteiger partial charge is 0.478 e. The summed E-state index contributed by atoms with van der Waals surface area (Å²) in [4.78, 5) is 54.5. The molecule has 0 aromatic heterocycles. The quantitative estimate of drug-likeness (QED) is 0.0470. The highest BCUT2D eigenvalue weighted by atomic mass is 35.5. The van der Waals surface area contributed by atoms with Crippen molar-refractivity contribution in [1.82, 2.24) is 20.4 Å². The molecule has 4 fully saturated rings. The molecular weight excluding hydrogens is 1290 g/mol. The molecule has 0 saturated carbocycles. The fourth-order valence-electron chi connectivity index (χ4n) is 11.7. The number of carbonyl (C=O) groups is 4. The Balaban J connectivity index is 0.000000270. The average Bonchev–Trinajstić information content (AvgIpc) is 1.22. The Bertz CT molecular complexity index is 3230. The number of alkyl halides is 13. The number of rotatable bonds is 16. The summed E-state index contributed by atoms with van der Waals surface area (Å²) in [6.07, 6.45) is -21.9. The number of carbonyl (C=O) groups excluding carboxylic acids is 4. The molecule has 6 atom stereocenters. The molecule has 0 unspecified atom stereocenters. The van der Waals surface area contributed by atoms with Crippen LogP contribution in [0.1, 0.15) is 163 Å². The third-order valence-corrected chi connectivity index (χ3v) is 18.2. The van der Waals surface area contributed by atoms with Crippen LogP contribution in [-0.4, -0.2) is 95.2 Å². The molecule has 16 nitrogen and oxygen atoms in total. The number of likely N-dealkylation sites (tertiary alicyclic amines) is 2. The summed E-state index contributed by atoms with van der Waals surface area (Å²) in [5.41, 5.74) is -11.6. The summed E-state index contributed by atoms with van der Waals surface area (Å²) in [6.45, 7) is 10.8. The van der Waals surface area contributed by atoms with E-state index in [9.17, 15) is 76.4 Å². The summed E-state index contributed by atoms with van der Waals surface area (Å²) in [5.74, 6) is -0.383. The van der Waals surface area contributed by atoms with Crippen LogP contribution in [0.3, 0.4) is 0 Å². The number of phosphoric acid groups is 1. The summed E-state index contributed by atoms with van der Waals surface area (Å²) < 4.78 is 216. The maximum Gasteiger partial charge on any atom is 0.478 e. The van der Waals surface area contributed by atoms with Gasteiger partial charge in [0.25, 0.3) is 0 Å². The van der Waals surface area contributed by atoms with Gasteiger partial charge in [-0.3, -0.25) is 28.4 Å². The summed E-state index contributed by atoms with van der Waals surface area (Å²) in [5, 5.41) is 5.89. The van der Waals surface area contributed by atoms with E-state index < -0.39 is 132 Å². The first-order valence-electron chi connectivity index (χ1n) is 29.1. The lowest BCUT2D eigenvalue weighted by Crippen LogP contribution is -2.65. The van der Waals surface area contributed by atoms with Gasteiger partial charge in [0.15, 0.2) is 6.07 Å².